The third-order valence-electron chi connectivity index (χ3n) is 3.07. The molecule has 1 aromatic carbocycles. The van der Waals surface area contributed by atoms with Crippen molar-refractivity contribution in [3.8, 4) is 0 Å². The van der Waals surface area contributed by atoms with E-state index in [4.69, 9.17) is 4.74 Å². The zero-order chi connectivity index (χ0) is 17.2. The van der Waals surface area contributed by atoms with Gasteiger partial charge in [-0.05, 0) is 30.7 Å². The number of hydrogen-bond acceptors (Lipinski definition) is 4. The molecule has 1 aliphatic heterocycles. The minimum atomic E-state index is -4.50. The first-order valence-electron chi connectivity index (χ1n) is 6.51. The molecule has 1 heterocycles. The van der Waals surface area contributed by atoms with E-state index in [2.05, 4.69) is 0 Å². The smallest absolute Gasteiger partial charge is 0.416 e. The van der Waals surface area contributed by atoms with Crippen LogP contribution in [0.5, 0.6) is 0 Å². The number of hydrogen-bond donors (Lipinski definition) is 0. The number of benzene rings is 1. The molecule has 1 aromatic rings. The van der Waals surface area contributed by atoms with E-state index in [-0.39, 0.29) is 11.3 Å². The molecule has 1 aliphatic rings. The second-order valence-electron chi connectivity index (χ2n) is 4.87. The third kappa shape index (κ3) is 3.94. The van der Waals surface area contributed by atoms with Crippen LogP contribution in [0.3, 0.4) is 0 Å². The minimum absolute atomic E-state index is 0.0888. The predicted octanol–water partition coefficient (Wildman–Crippen LogP) is 2.93. The average Bonchev–Trinajstić information content (AvgIpc) is 2.43. The molecule has 1 atom stereocenters. The second-order valence-corrected chi connectivity index (χ2v) is 4.87. The van der Waals surface area contributed by atoms with Crippen LogP contribution in [0.25, 0.3) is 6.08 Å². The van der Waals surface area contributed by atoms with E-state index in [1.165, 1.54) is 19.1 Å². The SMILES string of the molecule is CC1=CC(=O)C(C(=O)/C=C/c2cccc(C(F)(F)F)c2)C(=O)O1. The highest BCUT2D eigenvalue weighted by atomic mass is 19.4. The summed E-state index contributed by atoms with van der Waals surface area (Å²) in [6.07, 6.45) is -1.46. The first-order valence-corrected chi connectivity index (χ1v) is 6.51. The molecule has 0 saturated carbocycles. The van der Waals surface area contributed by atoms with E-state index in [9.17, 15) is 27.6 Å². The first-order chi connectivity index (χ1) is 10.7. The van der Waals surface area contributed by atoms with Gasteiger partial charge in [0, 0.05) is 6.08 Å². The van der Waals surface area contributed by atoms with Gasteiger partial charge in [-0.25, -0.2) is 0 Å². The van der Waals surface area contributed by atoms with Crippen LogP contribution >= 0.6 is 0 Å². The van der Waals surface area contributed by atoms with Crippen LogP contribution in [-0.4, -0.2) is 17.5 Å². The second kappa shape index (κ2) is 6.20. The summed E-state index contributed by atoms with van der Waals surface area (Å²) >= 11 is 0. The Balaban J connectivity index is 2.19. The molecule has 120 valence electrons. The Hall–Kier alpha value is -2.70. The number of esters is 1. The van der Waals surface area contributed by atoms with Crippen LogP contribution in [0, 0.1) is 5.92 Å². The molecule has 0 bridgehead atoms. The van der Waals surface area contributed by atoms with Crippen molar-refractivity contribution in [3.05, 3.63) is 53.3 Å². The fourth-order valence-corrected chi connectivity index (χ4v) is 2.00. The molecule has 23 heavy (non-hydrogen) atoms. The Labute approximate surface area is 129 Å². The molecular weight excluding hydrogens is 313 g/mol. The molecule has 0 saturated heterocycles. The van der Waals surface area contributed by atoms with Crippen LogP contribution < -0.4 is 0 Å². The summed E-state index contributed by atoms with van der Waals surface area (Å²) in [6.45, 7) is 1.40. The topological polar surface area (TPSA) is 60.4 Å². The van der Waals surface area contributed by atoms with E-state index >= 15 is 0 Å². The van der Waals surface area contributed by atoms with E-state index < -0.39 is 35.2 Å². The van der Waals surface area contributed by atoms with Crippen LogP contribution in [0.1, 0.15) is 18.1 Å². The molecule has 0 amide bonds. The number of halogens is 3. The van der Waals surface area contributed by atoms with E-state index in [1.54, 1.807) is 0 Å². The zero-order valence-corrected chi connectivity index (χ0v) is 11.9. The van der Waals surface area contributed by atoms with E-state index in [0.717, 1.165) is 30.4 Å². The Kier molecular flexibility index (Phi) is 4.49. The summed E-state index contributed by atoms with van der Waals surface area (Å²) in [6, 6.07) is 4.31. The number of ether oxygens (including phenoxy) is 1. The molecule has 0 N–H and O–H groups in total. The summed E-state index contributed by atoms with van der Waals surface area (Å²) in [5.74, 6) is -4.07. The Bertz CT molecular complexity index is 729. The summed E-state index contributed by atoms with van der Waals surface area (Å²) < 4.78 is 42.5. The van der Waals surface area contributed by atoms with Crippen LogP contribution in [0.4, 0.5) is 13.2 Å². The van der Waals surface area contributed by atoms with Gasteiger partial charge in [0.15, 0.2) is 17.5 Å². The van der Waals surface area contributed by atoms with Crippen molar-refractivity contribution >= 4 is 23.6 Å². The summed E-state index contributed by atoms with van der Waals surface area (Å²) in [5.41, 5.74) is -0.740. The fourth-order valence-electron chi connectivity index (χ4n) is 2.00. The van der Waals surface area contributed by atoms with Gasteiger partial charge in [0.25, 0.3) is 0 Å². The largest absolute Gasteiger partial charge is 0.430 e. The lowest BCUT2D eigenvalue weighted by Gasteiger charge is -2.15. The molecule has 7 heteroatoms. The van der Waals surface area contributed by atoms with E-state index in [1.807, 2.05) is 0 Å². The number of carbonyl (C=O) groups excluding carboxylic acids is 3. The number of cyclic esters (lactones) is 1. The highest BCUT2D eigenvalue weighted by Crippen LogP contribution is 2.29. The van der Waals surface area contributed by atoms with Gasteiger partial charge >= 0.3 is 12.1 Å². The lowest BCUT2D eigenvalue weighted by atomic mass is 9.96. The van der Waals surface area contributed by atoms with Crippen LogP contribution in [0.2, 0.25) is 0 Å². The molecule has 0 radical (unpaired) electrons. The minimum Gasteiger partial charge on any atom is -0.430 e. The van der Waals surface area contributed by atoms with Crippen LogP contribution in [0.15, 0.2) is 42.2 Å². The van der Waals surface area contributed by atoms with Gasteiger partial charge in [0.1, 0.15) is 5.76 Å². The molecule has 4 nitrogen and oxygen atoms in total. The van der Waals surface area contributed by atoms with Gasteiger partial charge in [-0.15, -0.1) is 0 Å². The normalized spacial score (nSPS) is 18.8. The molecule has 0 aromatic heterocycles. The fraction of sp³-hybridized carbons (Fsp3) is 0.188. The van der Waals surface area contributed by atoms with Gasteiger partial charge < -0.3 is 4.74 Å². The molecule has 1 unspecified atom stereocenters. The van der Waals surface area contributed by atoms with Gasteiger partial charge in [-0.2, -0.15) is 13.2 Å². The number of allylic oxidation sites excluding steroid dienone is 3. The number of carbonyl (C=O) groups is 3. The number of rotatable bonds is 3. The van der Waals surface area contributed by atoms with Crippen LogP contribution in [-0.2, 0) is 25.3 Å². The quantitative estimate of drug-likeness (QED) is 0.487. The Morgan fingerprint density at radius 3 is 2.57 bits per heavy atom. The maximum Gasteiger partial charge on any atom is 0.416 e. The summed E-state index contributed by atoms with van der Waals surface area (Å²) in [5, 5.41) is 0. The Morgan fingerprint density at radius 2 is 1.96 bits per heavy atom. The third-order valence-corrected chi connectivity index (χ3v) is 3.07. The zero-order valence-electron chi connectivity index (χ0n) is 11.9. The summed E-state index contributed by atoms with van der Waals surface area (Å²) in [7, 11) is 0. The maximum absolute atomic E-state index is 12.6. The summed E-state index contributed by atoms with van der Waals surface area (Å²) in [4.78, 5) is 35.2. The van der Waals surface area contributed by atoms with Gasteiger partial charge in [0.2, 0.25) is 0 Å². The highest BCUT2D eigenvalue weighted by Gasteiger charge is 2.36. The molecular formula is C16H11F3O4. The van der Waals surface area contributed by atoms with Gasteiger partial charge in [-0.3, -0.25) is 14.4 Å². The monoisotopic (exact) mass is 324 g/mol. The van der Waals surface area contributed by atoms with Crippen molar-refractivity contribution in [1.82, 2.24) is 0 Å². The van der Waals surface area contributed by atoms with Crippen molar-refractivity contribution in [2.45, 2.75) is 13.1 Å². The number of alkyl halides is 3. The maximum atomic E-state index is 12.6. The highest BCUT2D eigenvalue weighted by molar-refractivity contribution is 6.25. The molecule has 0 fully saturated rings. The van der Waals surface area contributed by atoms with Crippen molar-refractivity contribution in [2.24, 2.45) is 5.92 Å². The first kappa shape index (κ1) is 16.7. The van der Waals surface area contributed by atoms with Gasteiger partial charge in [0.05, 0.1) is 5.56 Å². The van der Waals surface area contributed by atoms with E-state index in [0.29, 0.717) is 0 Å². The standard InChI is InChI=1S/C16H11F3O4/c1-9-7-13(21)14(15(22)23-9)12(20)6-5-10-3-2-4-11(8-10)16(17,18)19/h2-8,14H,1H3/b6-5+. The number of ketones is 2. The average molecular weight is 324 g/mol. The molecule has 0 spiro atoms. The van der Waals surface area contributed by atoms with Crippen molar-refractivity contribution in [1.29, 1.82) is 0 Å². The lowest BCUT2D eigenvalue weighted by molar-refractivity contribution is -0.151. The Morgan fingerprint density at radius 1 is 1.26 bits per heavy atom. The lowest BCUT2D eigenvalue weighted by Crippen LogP contribution is -2.34. The predicted molar refractivity (Wildman–Crippen MR) is 73.8 cm³/mol. The van der Waals surface area contributed by atoms with Gasteiger partial charge in [-0.1, -0.05) is 18.2 Å². The van der Waals surface area contributed by atoms with Crippen molar-refractivity contribution < 1.29 is 32.3 Å². The van der Waals surface area contributed by atoms with Crippen molar-refractivity contribution in [3.63, 3.8) is 0 Å². The molecule has 0 aliphatic carbocycles. The molecule has 2 rings (SSSR count). The van der Waals surface area contributed by atoms with Crippen molar-refractivity contribution in [2.75, 3.05) is 0 Å².